The zero-order valence-electron chi connectivity index (χ0n) is 24.9. The number of nitrogens with zero attached hydrogens (tertiary/aromatic N) is 2. The summed E-state index contributed by atoms with van der Waals surface area (Å²) in [5, 5.41) is 2.89. The number of hydrogen-bond acceptors (Lipinski definition) is 5. The van der Waals surface area contributed by atoms with Crippen molar-refractivity contribution in [2.24, 2.45) is 5.92 Å². The topological polar surface area (TPSA) is 96.0 Å². The van der Waals surface area contributed by atoms with Crippen LogP contribution >= 0.6 is 15.9 Å². The maximum Gasteiger partial charge on any atom is 0.264 e. The number of anilines is 1. The van der Waals surface area contributed by atoms with E-state index in [1.165, 1.54) is 17.0 Å². The van der Waals surface area contributed by atoms with Gasteiger partial charge in [-0.3, -0.25) is 13.9 Å². The van der Waals surface area contributed by atoms with Crippen molar-refractivity contribution in [1.82, 2.24) is 10.2 Å². The van der Waals surface area contributed by atoms with Gasteiger partial charge in [-0.2, -0.15) is 0 Å². The van der Waals surface area contributed by atoms with Gasteiger partial charge in [-0.25, -0.2) is 8.42 Å². The molecule has 0 fully saturated rings. The van der Waals surface area contributed by atoms with Crippen molar-refractivity contribution in [2.45, 2.75) is 38.3 Å². The number of halogens is 1. The first-order valence-electron chi connectivity index (χ1n) is 14.3. The molecule has 0 saturated carbocycles. The second-order valence-electron chi connectivity index (χ2n) is 10.7. The Hall–Kier alpha value is -4.15. The second-order valence-corrected chi connectivity index (χ2v) is 13.5. The highest BCUT2D eigenvalue weighted by atomic mass is 79.9. The molecule has 44 heavy (non-hydrogen) atoms. The number of nitrogens with one attached hydrogen (secondary N) is 1. The number of rotatable bonds is 13. The normalized spacial score (nSPS) is 11.9. The Kier molecular flexibility index (Phi) is 11.2. The zero-order chi connectivity index (χ0) is 31.7. The predicted molar refractivity (Wildman–Crippen MR) is 176 cm³/mol. The fraction of sp³-hybridized carbons (Fsp3) is 0.235. The number of carbonyl (C=O) groups is 2. The molecule has 2 amide bonds. The summed E-state index contributed by atoms with van der Waals surface area (Å²) >= 11 is 3.43. The molecule has 8 nitrogen and oxygen atoms in total. The summed E-state index contributed by atoms with van der Waals surface area (Å²) in [5.74, 6) is 0.531. The highest BCUT2D eigenvalue weighted by Gasteiger charge is 2.32. The highest BCUT2D eigenvalue weighted by Crippen LogP contribution is 2.28. The molecule has 4 rings (SSSR count). The third-order valence-corrected chi connectivity index (χ3v) is 9.15. The Labute approximate surface area is 267 Å². The molecular formula is C34H36BrN3O5S. The van der Waals surface area contributed by atoms with E-state index < -0.39 is 28.5 Å². The molecular weight excluding hydrogens is 642 g/mol. The van der Waals surface area contributed by atoms with Crippen molar-refractivity contribution in [2.75, 3.05) is 17.4 Å². The van der Waals surface area contributed by atoms with E-state index >= 15 is 0 Å². The van der Waals surface area contributed by atoms with E-state index in [0.29, 0.717) is 18.0 Å². The van der Waals surface area contributed by atoms with Crippen molar-refractivity contribution >= 4 is 43.5 Å². The van der Waals surface area contributed by atoms with Gasteiger partial charge in [0.2, 0.25) is 11.8 Å². The van der Waals surface area contributed by atoms with Crippen LogP contribution in [0, 0.1) is 5.92 Å². The van der Waals surface area contributed by atoms with E-state index in [1.807, 2.05) is 68.4 Å². The summed E-state index contributed by atoms with van der Waals surface area (Å²) in [6, 6.07) is 30.3. The van der Waals surface area contributed by atoms with Crippen molar-refractivity contribution < 1.29 is 22.7 Å². The third-order valence-electron chi connectivity index (χ3n) is 6.83. The van der Waals surface area contributed by atoms with Crippen LogP contribution in [0.2, 0.25) is 0 Å². The minimum absolute atomic E-state index is 0.0413. The van der Waals surface area contributed by atoms with E-state index in [0.717, 1.165) is 14.3 Å². The van der Waals surface area contributed by atoms with Crippen LogP contribution in [0.5, 0.6) is 11.5 Å². The van der Waals surface area contributed by atoms with Gasteiger partial charge in [0.25, 0.3) is 10.0 Å². The van der Waals surface area contributed by atoms with Crippen LogP contribution in [0.15, 0.2) is 119 Å². The fourth-order valence-electron chi connectivity index (χ4n) is 4.38. The van der Waals surface area contributed by atoms with Crippen LogP contribution in [-0.2, 0) is 26.2 Å². The molecule has 0 spiro atoms. The summed E-state index contributed by atoms with van der Waals surface area (Å²) in [5.41, 5.74) is 1.08. The Morgan fingerprint density at radius 1 is 0.795 bits per heavy atom. The van der Waals surface area contributed by atoms with Gasteiger partial charge < -0.3 is 15.0 Å². The lowest BCUT2D eigenvalue weighted by Gasteiger charge is -2.32. The monoisotopic (exact) mass is 677 g/mol. The largest absolute Gasteiger partial charge is 0.457 e. The molecule has 0 radical (unpaired) electrons. The molecule has 4 aromatic carbocycles. The van der Waals surface area contributed by atoms with Gasteiger partial charge in [-0.05, 0) is 79.1 Å². The highest BCUT2D eigenvalue weighted by molar-refractivity contribution is 9.10. The minimum Gasteiger partial charge on any atom is -0.457 e. The number of hydrogen-bond donors (Lipinski definition) is 1. The molecule has 1 atom stereocenters. The fourth-order valence-corrected chi connectivity index (χ4v) is 6.07. The van der Waals surface area contributed by atoms with Gasteiger partial charge in [0.15, 0.2) is 0 Å². The Morgan fingerprint density at radius 2 is 1.36 bits per heavy atom. The van der Waals surface area contributed by atoms with E-state index in [1.54, 1.807) is 49.4 Å². The van der Waals surface area contributed by atoms with E-state index in [-0.39, 0.29) is 29.0 Å². The van der Waals surface area contributed by atoms with Crippen molar-refractivity contribution in [3.63, 3.8) is 0 Å². The number of ether oxygens (including phenoxy) is 1. The van der Waals surface area contributed by atoms with Crippen molar-refractivity contribution in [3.05, 3.63) is 119 Å². The first-order valence-corrected chi connectivity index (χ1v) is 16.5. The maximum atomic E-state index is 14.1. The molecule has 4 aromatic rings. The molecule has 10 heteroatoms. The first-order chi connectivity index (χ1) is 21.0. The van der Waals surface area contributed by atoms with Crippen LogP contribution in [-0.4, -0.2) is 44.3 Å². The SMILES string of the molecule is CC(C)CNC(=O)C(C)N(Cc1ccc(Br)cc1)C(=O)CN(c1ccc(Oc2ccccc2)cc1)S(=O)(=O)c1ccccc1. The van der Waals surface area contributed by atoms with Crippen molar-refractivity contribution in [1.29, 1.82) is 0 Å². The summed E-state index contributed by atoms with van der Waals surface area (Å²) in [4.78, 5) is 28.7. The number of sulfonamides is 1. The molecule has 0 aromatic heterocycles. The number of amides is 2. The van der Waals surface area contributed by atoms with Gasteiger partial charge in [0, 0.05) is 17.6 Å². The lowest BCUT2D eigenvalue weighted by molar-refractivity contribution is -0.139. The molecule has 0 aliphatic heterocycles. The summed E-state index contributed by atoms with van der Waals surface area (Å²) in [7, 11) is -4.16. The number of carbonyl (C=O) groups excluding carboxylic acids is 2. The van der Waals surface area contributed by atoms with E-state index in [4.69, 9.17) is 4.74 Å². The lowest BCUT2D eigenvalue weighted by Crippen LogP contribution is -2.51. The predicted octanol–water partition coefficient (Wildman–Crippen LogP) is 6.63. The average Bonchev–Trinajstić information content (AvgIpc) is 3.03. The standard InChI is InChI=1S/C34H36BrN3O5S/c1-25(2)22-36-34(40)26(3)37(23-27-14-16-28(35)17-15-27)33(39)24-38(44(41,42)32-12-8-5-9-13-32)29-18-20-31(21-19-29)43-30-10-6-4-7-11-30/h4-21,25-26H,22-24H2,1-3H3,(H,36,40). The van der Waals surface area contributed by atoms with Crippen LogP contribution in [0.3, 0.4) is 0 Å². The minimum atomic E-state index is -4.16. The van der Waals surface area contributed by atoms with E-state index in [9.17, 15) is 18.0 Å². The second kappa shape index (κ2) is 15.0. The molecule has 1 N–H and O–H groups in total. The van der Waals surface area contributed by atoms with Crippen molar-refractivity contribution in [3.8, 4) is 11.5 Å². The Morgan fingerprint density at radius 3 is 1.95 bits per heavy atom. The Balaban J connectivity index is 1.67. The molecule has 0 bridgehead atoms. The number of para-hydroxylation sites is 1. The first kappa shape index (κ1) is 32.8. The maximum absolute atomic E-state index is 14.1. The molecule has 0 saturated heterocycles. The van der Waals surface area contributed by atoms with Crippen LogP contribution < -0.4 is 14.4 Å². The summed E-state index contributed by atoms with van der Waals surface area (Å²) in [6.07, 6.45) is 0. The van der Waals surface area contributed by atoms with Gasteiger partial charge in [0.1, 0.15) is 24.1 Å². The number of benzene rings is 4. The summed E-state index contributed by atoms with van der Waals surface area (Å²) < 4.78 is 35.8. The van der Waals surface area contributed by atoms with Gasteiger partial charge in [-0.15, -0.1) is 0 Å². The quantitative estimate of drug-likeness (QED) is 0.171. The van der Waals surface area contributed by atoms with Gasteiger partial charge >= 0.3 is 0 Å². The molecule has 0 aliphatic carbocycles. The Bertz CT molecular complexity index is 1630. The zero-order valence-corrected chi connectivity index (χ0v) is 27.3. The van der Waals surface area contributed by atoms with Crippen LogP contribution in [0.25, 0.3) is 0 Å². The molecule has 0 aliphatic rings. The van der Waals surface area contributed by atoms with Crippen LogP contribution in [0.1, 0.15) is 26.3 Å². The third kappa shape index (κ3) is 8.70. The molecule has 230 valence electrons. The van der Waals surface area contributed by atoms with Gasteiger partial charge in [0.05, 0.1) is 10.6 Å². The van der Waals surface area contributed by atoms with Crippen LogP contribution in [0.4, 0.5) is 5.69 Å². The lowest BCUT2D eigenvalue weighted by atomic mass is 10.1. The average molecular weight is 679 g/mol. The van der Waals surface area contributed by atoms with E-state index in [2.05, 4.69) is 21.2 Å². The smallest absolute Gasteiger partial charge is 0.264 e. The summed E-state index contributed by atoms with van der Waals surface area (Å²) in [6.45, 7) is 5.67. The molecule has 0 heterocycles. The van der Waals surface area contributed by atoms with Gasteiger partial charge in [-0.1, -0.05) is 78.3 Å². The molecule has 1 unspecified atom stereocenters.